The van der Waals surface area contributed by atoms with Crippen molar-refractivity contribution >= 4 is 11.6 Å². The zero-order chi connectivity index (χ0) is 15.5. The molecule has 2 aromatic heterocycles. The first kappa shape index (κ1) is 15.2. The molecule has 0 unspecified atom stereocenters. The lowest BCUT2D eigenvalue weighted by molar-refractivity contribution is 0.545. The van der Waals surface area contributed by atoms with Gasteiger partial charge in [-0.1, -0.05) is 20.8 Å². The van der Waals surface area contributed by atoms with E-state index in [1.807, 2.05) is 25.2 Å². The van der Waals surface area contributed by atoms with E-state index in [-0.39, 0.29) is 5.41 Å². The number of nitrogens with two attached hydrogens (primary N) is 1. The molecule has 112 valence electrons. The summed E-state index contributed by atoms with van der Waals surface area (Å²) in [5, 5.41) is 0. The van der Waals surface area contributed by atoms with Crippen molar-refractivity contribution in [2.24, 2.45) is 5.84 Å². The fourth-order valence-corrected chi connectivity index (χ4v) is 1.88. The molecule has 0 fully saturated rings. The number of rotatable bonds is 4. The van der Waals surface area contributed by atoms with E-state index in [9.17, 15) is 0 Å². The van der Waals surface area contributed by atoms with E-state index in [2.05, 4.69) is 46.0 Å². The topological polar surface area (TPSA) is 80.0 Å². The number of nitrogen functional groups attached to an aromatic ring is 1. The molecule has 0 radical (unpaired) electrons. The van der Waals surface area contributed by atoms with Gasteiger partial charge in [-0.2, -0.15) is 0 Å². The lowest BCUT2D eigenvalue weighted by atomic mass is 9.96. The molecule has 0 aliphatic heterocycles. The highest BCUT2D eigenvalue weighted by Gasteiger charge is 2.20. The Hall–Kier alpha value is -2.21. The van der Waals surface area contributed by atoms with Gasteiger partial charge in [0.25, 0.3) is 0 Å². The van der Waals surface area contributed by atoms with Crippen molar-refractivity contribution < 1.29 is 0 Å². The van der Waals surface area contributed by atoms with Crippen LogP contribution in [0.3, 0.4) is 0 Å². The van der Waals surface area contributed by atoms with Crippen molar-refractivity contribution in [2.45, 2.75) is 32.7 Å². The first-order valence-electron chi connectivity index (χ1n) is 6.86. The van der Waals surface area contributed by atoms with Crippen LogP contribution in [0.4, 0.5) is 11.6 Å². The van der Waals surface area contributed by atoms with Gasteiger partial charge in [0.1, 0.15) is 17.5 Å². The third-order valence-electron chi connectivity index (χ3n) is 3.09. The van der Waals surface area contributed by atoms with Crippen LogP contribution in [-0.2, 0) is 12.0 Å². The SMILES string of the molecule is CN(Cc1ccncc1)c1cc(NN)nc(C(C)(C)C)n1. The summed E-state index contributed by atoms with van der Waals surface area (Å²) in [5.41, 5.74) is 3.64. The van der Waals surface area contributed by atoms with Gasteiger partial charge in [0.05, 0.1) is 0 Å². The second-order valence-electron chi connectivity index (χ2n) is 6.04. The third kappa shape index (κ3) is 3.88. The molecule has 0 bridgehead atoms. The molecule has 0 aliphatic carbocycles. The second-order valence-corrected chi connectivity index (χ2v) is 6.04. The van der Waals surface area contributed by atoms with Crippen LogP contribution in [0, 0.1) is 0 Å². The standard InChI is InChI=1S/C15H22N6/c1-15(2,3)14-18-12(20-16)9-13(19-14)21(4)10-11-5-7-17-8-6-11/h5-9H,10,16H2,1-4H3,(H,18,19,20). The predicted octanol–water partition coefficient (Wildman–Crippen LogP) is 2.09. The van der Waals surface area contributed by atoms with Crippen molar-refractivity contribution in [3.63, 3.8) is 0 Å². The Kier molecular flexibility index (Phi) is 4.37. The summed E-state index contributed by atoms with van der Waals surface area (Å²) in [6.45, 7) is 6.98. The van der Waals surface area contributed by atoms with Gasteiger partial charge in [-0.15, -0.1) is 0 Å². The van der Waals surface area contributed by atoms with Gasteiger partial charge >= 0.3 is 0 Å². The summed E-state index contributed by atoms with van der Waals surface area (Å²) in [4.78, 5) is 15.2. The van der Waals surface area contributed by atoms with Crippen molar-refractivity contribution in [3.8, 4) is 0 Å². The largest absolute Gasteiger partial charge is 0.355 e. The lowest BCUT2D eigenvalue weighted by Crippen LogP contribution is -2.23. The number of nitrogens with one attached hydrogen (secondary N) is 1. The van der Waals surface area contributed by atoms with Gasteiger partial charge in [0, 0.05) is 37.5 Å². The first-order chi connectivity index (χ1) is 9.90. The highest BCUT2D eigenvalue weighted by molar-refractivity contribution is 5.49. The van der Waals surface area contributed by atoms with Crippen molar-refractivity contribution in [2.75, 3.05) is 17.4 Å². The fourth-order valence-electron chi connectivity index (χ4n) is 1.88. The maximum Gasteiger partial charge on any atom is 0.145 e. The van der Waals surface area contributed by atoms with Crippen LogP contribution in [0.25, 0.3) is 0 Å². The lowest BCUT2D eigenvalue weighted by Gasteiger charge is -2.23. The van der Waals surface area contributed by atoms with E-state index < -0.39 is 0 Å². The van der Waals surface area contributed by atoms with E-state index in [0.29, 0.717) is 5.82 Å². The monoisotopic (exact) mass is 286 g/mol. The van der Waals surface area contributed by atoms with Crippen LogP contribution in [0.15, 0.2) is 30.6 Å². The summed E-state index contributed by atoms with van der Waals surface area (Å²) >= 11 is 0. The van der Waals surface area contributed by atoms with Gasteiger partial charge in [-0.05, 0) is 17.7 Å². The first-order valence-corrected chi connectivity index (χ1v) is 6.86. The zero-order valence-corrected chi connectivity index (χ0v) is 13.0. The molecule has 0 aromatic carbocycles. The number of nitrogens with zero attached hydrogens (tertiary/aromatic N) is 4. The minimum absolute atomic E-state index is 0.140. The average molecular weight is 286 g/mol. The summed E-state index contributed by atoms with van der Waals surface area (Å²) in [7, 11) is 2.00. The molecule has 0 aliphatic rings. The van der Waals surface area contributed by atoms with E-state index in [1.165, 1.54) is 5.56 Å². The maximum atomic E-state index is 5.52. The molecule has 0 spiro atoms. The molecule has 6 nitrogen and oxygen atoms in total. The van der Waals surface area contributed by atoms with Gasteiger partial charge in [-0.25, -0.2) is 15.8 Å². The van der Waals surface area contributed by atoms with Crippen molar-refractivity contribution in [3.05, 3.63) is 42.0 Å². The summed E-state index contributed by atoms with van der Waals surface area (Å²) in [6.07, 6.45) is 3.58. The Morgan fingerprint density at radius 1 is 1.19 bits per heavy atom. The van der Waals surface area contributed by atoms with Crippen LogP contribution in [-0.4, -0.2) is 22.0 Å². The molecule has 2 rings (SSSR count). The molecule has 0 saturated carbocycles. The number of pyridine rings is 1. The number of hydrazine groups is 1. The van der Waals surface area contributed by atoms with Gasteiger partial charge < -0.3 is 10.3 Å². The minimum atomic E-state index is -0.140. The smallest absolute Gasteiger partial charge is 0.145 e. The molecule has 21 heavy (non-hydrogen) atoms. The molecule has 3 N–H and O–H groups in total. The minimum Gasteiger partial charge on any atom is -0.355 e. The van der Waals surface area contributed by atoms with E-state index in [0.717, 1.165) is 18.2 Å². The van der Waals surface area contributed by atoms with Gasteiger partial charge in [0.2, 0.25) is 0 Å². The maximum absolute atomic E-state index is 5.52. The molecule has 0 saturated heterocycles. The Labute approximate surface area is 125 Å². The summed E-state index contributed by atoms with van der Waals surface area (Å²) < 4.78 is 0. The van der Waals surface area contributed by atoms with E-state index in [4.69, 9.17) is 5.84 Å². The van der Waals surface area contributed by atoms with Crippen LogP contribution < -0.4 is 16.2 Å². The quantitative estimate of drug-likeness (QED) is 0.662. The van der Waals surface area contributed by atoms with Crippen LogP contribution in [0.5, 0.6) is 0 Å². The average Bonchev–Trinajstić information content (AvgIpc) is 2.46. The van der Waals surface area contributed by atoms with Crippen molar-refractivity contribution in [1.82, 2.24) is 15.0 Å². The summed E-state index contributed by atoms with van der Waals surface area (Å²) in [6, 6.07) is 5.82. The molecule has 0 atom stereocenters. The van der Waals surface area contributed by atoms with Crippen LogP contribution in [0.2, 0.25) is 0 Å². The molecular weight excluding hydrogens is 264 g/mol. The zero-order valence-electron chi connectivity index (χ0n) is 13.0. The number of hydrogen-bond donors (Lipinski definition) is 2. The molecule has 2 heterocycles. The Balaban J connectivity index is 2.30. The van der Waals surface area contributed by atoms with Crippen molar-refractivity contribution in [1.29, 1.82) is 0 Å². The van der Waals surface area contributed by atoms with E-state index >= 15 is 0 Å². The molecule has 2 aromatic rings. The predicted molar refractivity (Wildman–Crippen MR) is 84.9 cm³/mol. The van der Waals surface area contributed by atoms with Crippen LogP contribution >= 0.6 is 0 Å². The van der Waals surface area contributed by atoms with Crippen LogP contribution in [0.1, 0.15) is 32.2 Å². The van der Waals surface area contributed by atoms with Gasteiger partial charge in [-0.3, -0.25) is 4.98 Å². The Morgan fingerprint density at radius 2 is 1.86 bits per heavy atom. The number of aromatic nitrogens is 3. The van der Waals surface area contributed by atoms with Gasteiger partial charge in [0.15, 0.2) is 0 Å². The highest BCUT2D eigenvalue weighted by Crippen LogP contribution is 2.24. The highest BCUT2D eigenvalue weighted by atomic mass is 15.3. The number of hydrogen-bond acceptors (Lipinski definition) is 6. The van der Waals surface area contributed by atoms with E-state index in [1.54, 1.807) is 12.4 Å². The second kappa shape index (κ2) is 6.05. The Bertz CT molecular complexity index is 591. The molecular formula is C15H22N6. The molecule has 6 heteroatoms. The molecule has 0 amide bonds. The Morgan fingerprint density at radius 3 is 2.43 bits per heavy atom. The summed E-state index contributed by atoms with van der Waals surface area (Å²) in [5.74, 6) is 7.73. The fraction of sp³-hybridized carbons (Fsp3) is 0.400. The number of anilines is 2. The normalized spacial score (nSPS) is 11.3. The third-order valence-corrected chi connectivity index (χ3v) is 3.09.